The van der Waals surface area contributed by atoms with Gasteiger partial charge in [-0.2, -0.15) is 0 Å². The first-order valence-electron chi connectivity index (χ1n) is 4.30. The lowest BCUT2D eigenvalue weighted by Gasteiger charge is -2.11. The zero-order valence-corrected chi connectivity index (χ0v) is 7.68. The molecule has 1 aromatic heterocycles. The van der Waals surface area contributed by atoms with E-state index in [0.29, 0.717) is 12.4 Å². The summed E-state index contributed by atoms with van der Waals surface area (Å²) >= 11 is 0. The van der Waals surface area contributed by atoms with Crippen LogP contribution in [0.1, 0.15) is 0 Å². The Bertz CT molecular complexity index is 449. The third kappa shape index (κ3) is 1.36. The Morgan fingerprint density at radius 2 is 2.29 bits per heavy atom. The molecular weight excluding hydrogens is 178 g/mol. The third-order valence-corrected chi connectivity index (χ3v) is 1.96. The minimum absolute atomic E-state index is 0.538. The van der Waals surface area contributed by atoms with Crippen molar-refractivity contribution in [2.45, 2.75) is 0 Å². The van der Waals surface area contributed by atoms with Crippen LogP contribution in [-0.2, 0) is 0 Å². The lowest BCUT2D eigenvalue weighted by molar-refractivity contribution is 0.455. The molecule has 0 aliphatic rings. The fourth-order valence-electron chi connectivity index (χ4n) is 1.31. The Labute approximate surface area is 81.6 Å². The van der Waals surface area contributed by atoms with E-state index in [9.17, 15) is 0 Å². The molecule has 0 spiro atoms. The number of para-hydroxylation sites is 1. The number of nitrogens with zero attached hydrogens (tertiary/aromatic N) is 2. The molecule has 0 aliphatic carbocycles. The van der Waals surface area contributed by atoms with E-state index in [1.54, 1.807) is 6.08 Å². The first kappa shape index (κ1) is 8.77. The van der Waals surface area contributed by atoms with E-state index in [1.165, 1.54) is 5.01 Å². The van der Waals surface area contributed by atoms with Crippen LogP contribution in [0.3, 0.4) is 0 Å². The van der Waals surface area contributed by atoms with Crippen molar-refractivity contribution in [3.63, 3.8) is 0 Å². The standard InChI is InChI=1S/C10H11N3O/c1-2-7-13(11)10-8-5-3-4-6-9(8)14-12-10/h2-6H,1,7,11H2. The van der Waals surface area contributed by atoms with Gasteiger partial charge in [0, 0.05) is 0 Å². The maximum atomic E-state index is 5.76. The van der Waals surface area contributed by atoms with Gasteiger partial charge in [0.25, 0.3) is 0 Å². The Kier molecular flexibility index (Phi) is 2.20. The molecule has 0 aliphatic heterocycles. The van der Waals surface area contributed by atoms with Crippen molar-refractivity contribution in [3.8, 4) is 0 Å². The SMILES string of the molecule is C=CCN(N)c1noc2ccccc12. The van der Waals surface area contributed by atoms with Crippen LogP contribution in [0.5, 0.6) is 0 Å². The predicted molar refractivity (Wildman–Crippen MR) is 55.7 cm³/mol. The fraction of sp³-hybridized carbons (Fsp3) is 0.100. The molecule has 1 aromatic carbocycles. The average molecular weight is 189 g/mol. The van der Waals surface area contributed by atoms with Crippen LogP contribution in [0.2, 0.25) is 0 Å². The van der Waals surface area contributed by atoms with Gasteiger partial charge in [-0.3, -0.25) is 5.01 Å². The van der Waals surface area contributed by atoms with Gasteiger partial charge in [-0.1, -0.05) is 23.4 Å². The van der Waals surface area contributed by atoms with Crippen LogP contribution in [0.25, 0.3) is 11.0 Å². The summed E-state index contributed by atoms with van der Waals surface area (Å²) in [6.45, 7) is 4.15. The molecule has 72 valence electrons. The topological polar surface area (TPSA) is 55.3 Å². The van der Waals surface area contributed by atoms with Crippen LogP contribution in [0, 0.1) is 0 Å². The van der Waals surface area contributed by atoms with Gasteiger partial charge in [0.2, 0.25) is 0 Å². The minimum atomic E-state index is 0.538. The molecule has 0 atom stereocenters. The lowest BCUT2D eigenvalue weighted by atomic mass is 10.2. The van der Waals surface area contributed by atoms with Gasteiger partial charge in [-0.25, -0.2) is 5.84 Å². The number of hydrazine groups is 1. The Hall–Kier alpha value is -1.81. The van der Waals surface area contributed by atoms with E-state index < -0.39 is 0 Å². The van der Waals surface area contributed by atoms with Crippen molar-refractivity contribution in [1.82, 2.24) is 5.16 Å². The molecular formula is C10H11N3O. The summed E-state index contributed by atoms with van der Waals surface area (Å²) in [6, 6.07) is 7.59. The van der Waals surface area contributed by atoms with Gasteiger partial charge in [0.1, 0.15) is 0 Å². The highest BCUT2D eigenvalue weighted by Crippen LogP contribution is 2.23. The van der Waals surface area contributed by atoms with Crippen LogP contribution in [-0.4, -0.2) is 11.7 Å². The number of aromatic nitrogens is 1. The van der Waals surface area contributed by atoms with E-state index in [2.05, 4.69) is 11.7 Å². The molecule has 4 nitrogen and oxygen atoms in total. The van der Waals surface area contributed by atoms with Gasteiger partial charge >= 0.3 is 0 Å². The van der Waals surface area contributed by atoms with E-state index in [1.807, 2.05) is 24.3 Å². The highest BCUT2D eigenvalue weighted by atomic mass is 16.5. The molecule has 0 amide bonds. The molecule has 2 rings (SSSR count). The van der Waals surface area contributed by atoms with Gasteiger partial charge < -0.3 is 4.52 Å². The molecule has 0 bridgehead atoms. The molecule has 2 N–H and O–H groups in total. The van der Waals surface area contributed by atoms with Crippen molar-refractivity contribution < 1.29 is 4.52 Å². The molecule has 0 fully saturated rings. The largest absolute Gasteiger partial charge is 0.354 e. The van der Waals surface area contributed by atoms with Crippen molar-refractivity contribution >= 4 is 16.8 Å². The van der Waals surface area contributed by atoms with Gasteiger partial charge in [-0.05, 0) is 12.1 Å². The van der Waals surface area contributed by atoms with E-state index in [4.69, 9.17) is 10.4 Å². The minimum Gasteiger partial charge on any atom is -0.354 e. The summed E-state index contributed by atoms with van der Waals surface area (Å²) in [5.74, 6) is 6.39. The number of rotatable bonds is 3. The molecule has 1 heterocycles. The average Bonchev–Trinajstić information content (AvgIpc) is 2.61. The number of hydrogen-bond donors (Lipinski definition) is 1. The maximum absolute atomic E-state index is 5.76. The summed E-state index contributed by atoms with van der Waals surface area (Å²) in [5, 5.41) is 6.30. The van der Waals surface area contributed by atoms with E-state index >= 15 is 0 Å². The molecule has 0 saturated carbocycles. The van der Waals surface area contributed by atoms with E-state index in [0.717, 1.165) is 11.0 Å². The number of fused-ring (bicyclic) bond motifs is 1. The predicted octanol–water partition coefficient (Wildman–Crippen LogP) is 1.69. The first-order chi connectivity index (χ1) is 6.83. The highest BCUT2D eigenvalue weighted by molar-refractivity contribution is 5.88. The molecule has 0 saturated heterocycles. The summed E-state index contributed by atoms with van der Waals surface area (Å²) in [7, 11) is 0. The summed E-state index contributed by atoms with van der Waals surface area (Å²) in [6.07, 6.45) is 1.71. The molecule has 0 unspecified atom stereocenters. The smallest absolute Gasteiger partial charge is 0.194 e. The fourth-order valence-corrected chi connectivity index (χ4v) is 1.31. The molecule has 0 radical (unpaired) electrons. The van der Waals surface area contributed by atoms with Crippen molar-refractivity contribution in [2.24, 2.45) is 5.84 Å². The Morgan fingerprint density at radius 1 is 1.50 bits per heavy atom. The van der Waals surface area contributed by atoms with Crippen molar-refractivity contribution in [2.75, 3.05) is 11.6 Å². The summed E-state index contributed by atoms with van der Waals surface area (Å²) < 4.78 is 5.11. The number of benzene rings is 1. The van der Waals surface area contributed by atoms with Gasteiger partial charge in [0.15, 0.2) is 11.4 Å². The quantitative estimate of drug-likeness (QED) is 0.453. The number of hydrogen-bond acceptors (Lipinski definition) is 4. The van der Waals surface area contributed by atoms with Crippen LogP contribution < -0.4 is 10.9 Å². The van der Waals surface area contributed by atoms with E-state index in [-0.39, 0.29) is 0 Å². The second-order valence-electron chi connectivity index (χ2n) is 2.94. The Morgan fingerprint density at radius 3 is 3.07 bits per heavy atom. The molecule has 4 heteroatoms. The number of nitrogens with two attached hydrogens (primary N) is 1. The second-order valence-corrected chi connectivity index (χ2v) is 2.94. The third-order valence-electron chi connectivity index (χ3n) is 1.96. The first-order valence-corrected chi connectivity index (χ1v) is 4.30. The monoisotopic (exact) mass is 189 g/mol. The van der Waals surface area contributed by atoms with Crippen molar-refractivity contribution in [3.05, 3.63) is 36.9 Å². The second kappa shape index (κ2) is 3.51. The van der Waals surface area contributed by atoms with Gasteiger partial charge in [0.05, 0.1) is 11.9 Å². The summed E-state index contributed by atoms with van der Waals surface area (Å²) in [4.78, 5) is 0. The van der Waals surface area contributed by atoms with Crippen LogP contribution >= 0.6 is 0 Å². The highest BCUT2D eigenvalue weighted by Gasteiger charge is 2.10. The zero-order valence-electron chi connectivity index (χ0n) is 7.68. The maximum Gasteiger partial charge on any atom is 0.194 e. The zero-order chi connectivity index (χ0) is 9.97. The van der Waals surface area contributed by atoms with Crippen LogP contribution in [0.15, 0.2) is 41.4 Å². The van der Waals surface area contributed by atoms with Crippen molar-refractivity contribution in [1.29, 1.82) is 0 Å². The van der Waals surface area contributed by atoms with Gasteiger partial charge in [-0.15, -0.1) is 6.58 Å². The normalized spacial score (nSPS) is 10.4. The number of anilines is 1. The Balaban J connectivity index is 2.47. The molecule has 2 aromatic rings. The molecule has 14 heavy (non-hydrogen) atoms. The summed E-state index contributed by atoms with van der Waals surface area (Å²) in [5.41, 5.74) is 0.738. The lowest BCUT2D eigenvalue weighted by Crippen LogP contribution is -2.31. The van der Waals surface area contributed by atoms with Crippen LogP contribution in [0.4, 0.5) is 5.82 Å².